The molecule has 1 unspecified atom stereocenters. The Bertz CT molecular complexity index is 244. The van der Waals surface area contributed by atoms with Gasteiger partial charge in [-0.15, -0.1) is 0 Å². The average Bonchev–Trinajstić information content (AvgIpc) is 2.83. The molecule has 0 aromatic carbocycles. The first-order valence-electron chi connectivity index (χ1n) is 6.89. The van der Waals surface area contributed by atoms with E-state index < -0.39 is 0 Å². The molecule has 0 aliphatic carbocycles. The van der Waals surface area contributed by atoms with Crippen LogP contribution >= 0.6 is 0 Å². The first-order chi connectivity index (χ1) is 8.29. The summed E-state index contributed by atoms with van der Waals surface area (Å²) in [5.41, 5.74) is 0. The molecule has 17 heavy (non-hydrogen) atoms. The highest BCUT2D eigenvalue weighted by Crippen LogP contribution is 2.18. The first-order valence-corrected chi connectivity index (χ1v) is 6.89. The first kappa shape index (κ1) is 12.8. The Morgan fingerprint density at radius 1 is 1.35 bits per heavy atom. The van der Waals surface area contributed by atoms with Crippen molar-refractivity contribution in [3.05, 3.63) is 0 Å². The van der Waals surface area contributed by atoms with Gasteiger partial charge in [0.1, 0.15) is 0 Å². The van der Waals surface area contributed by atoms with Crippen LogP contribution in [0.3, 0.4) is 0 Å². The maximum Gasteiger partial charge on any atom is 0.222 e. The molecule has 1 amide bonds. The van der Waals surface area contributed by atoms with Crippen LogP contribution in [-0.4, -0.2) is 49.7 Å². The van der Waals surface area contributed by atoms with Gasteiger partial charge in [-0.05, 0) is 45.2 Å². The standard InChI is InChI=1S/C13H24N2O2/c1-2-17-12-4-7-15(8-5-12)13(16)9-11-3-6-14-10-11/h11-12,14H,2-10H2,1H3. The molecule has 1 atom stereocenters. The van der Waals surface area contributed by atoms with Crippen LogP contribution in [-0.2, 0) is 9.53 Å². The third-order valence-corrected chi connectivity index (χ3v) is 3.82. The maximum absolute atomic E-state index is 12.1. The lowest BCUT2D eigenvalue weighted by Gasteiger charge is -2.32. The van der Waals surface area contributed by atoms with Crippen LogP contribution < -0.4 is 5.32 Å². The second-order valence-corrected chi connectivity index (χ2v) is 5.10. The van der Waals surface area contributed by atoms with E-state index in [2.05, 4.69) is 5.32 Å². The lowest BCUT2D eigenvalue weighted by Crippen LogP contribution is -2.41. The second-order valence-electron chi connectivity index (χ2n) is 5.10. The van der Waals surface area contributed by atoms with Gasteiger partial charge in [0, 0.05) is 26.1 Å². The van der Waals surface area contributed by atoms with Crippen molar-refractivity contribution in [1.82, 2.24) is 10.2 Å². The summed E-state index contributed by atoms with van der Waals surface area (Å²) in [5.74, 6) is 0.903. The summed E-state index contributed by atoms with van der Waals surface area (Å²) in [6.07, 6.45) is 4.26. The third-order valence-electron chi connectivity index (χ3n) is 3.82. The van der Waals surface area contributed by atoms with E-state index in [4.69, 9.17) is 4.74 Å². The van der Waals surface area contributed by atoms with Crippen molar-refractivity contribution in [2.45, 2.75) is 38.7 Å². The van der Waals surface area contributed by atoms with E-state index >= 15 is 0 Å². The lowest BCUT2D eigenvalue weighted by atomic mass is 10.0. The number of rotatable bonds is 4. The number of carbonyl (C=O) groups is 1. The highest BCUT2D eigenvalue weighted by molar-refractivity contribution is 5.76. The van der Waals surface area contributed by atoms with E-state index in [0.29, 0.717) is 17.9 Å². The normalized spacial score (nSPS) is 26.4. The minimum Gasteiger partial charge on any atom is -0.378 e. The molecular formula is C13H24N2O2. The van der Waals surface area contributed by atoms with Crippen LogP contribution in [0.1, 0.15) is 32.6 Å². The number of piperidine rings is 1. The molecule has 0 radical (unpaired) electrons. The SMILES string of the molecule is CCOC1CCN(C(=O)CC2CCNC2)CC1. The minimum absolute atomic E-state index is 0.341. The summed E-state index contributed by atoms with van der Waals surface area (Å²) in [5, 5.41) is 3.31. The molecule has 0 aromatic heterocycles. The summed E-state index contributed by atoms with van der Waals surface area (Å²) in [6.45, 7) is 6.66. The van der Waals surface area contributed by atoms with Crippen molar-refractivity contribution in [3.8, 4) is 0 Å². The van der Waals surface area contributed by atoms with Crippen molar-refractivity contribution in [2.75, 3.05) is 32.8 Å². The summed E-state index contributed by atoms with van der Waals surface area (Å²) in [4.78, 5) is 14.1. The molecule has 98 valence electrons. The highest BCUT2D eigenvalue weighted by atomic mass is 16.5. The van der Waals surface area contributed by atoms with E-state index in [1.54, 1.807) is 0 Å². The molecule has 2 aliphatic rings. The predicted molar refractivity (Wildman–Crippen MR) is 66.8 cm³/mol. The monoisotopic (exact) mass is 240 g/mol. The zero-order chi connectivity index (χ0) is 12.1. The van der Waals surface area contributed by atoms with Gasteiger partial charge in [0.05, 0.1) is 6.10 Å². The van der Waals surface area contributed by atoms with Gasteiger partial charge >= 0.3 is 0 Å². The van der Waals surface area contributed by atoms with Gasteiger partial charge < -0.3 is 15.0 Å². The molecule has 2 rings (SSSR count). The molecule has 1 N–H and O–H groups in total. The van der Waals surface area contributed by atoms with Crippen LogP contribution in [0.5, 0.6) is 0 Å². The van der Waals surface area contributed by atoms with Gasteiger partial charge in [0.15, 0.2) is 0 Å². The highest BCUT2D eigenvalue weighted by Gasteiger charge is 2.25. The Morgan fingerprint density at radius 2 is 2.12 bits per heavy atom. The number of hydrogen-bond acceptors (Lipinski definition) is 3. The van der Waals surface area contributed by atoms with Crippen LogP contribution in [0, 0.1) is 5.92 Å². The number of amides is 1. The topological polar surface area (TPSA) is 41.6 Å². The Kier molecular flexibility index (Phi) is 4.80. The average molecular weight is 240 g/mol. The van der Waals surface area contributed by atoms with Crippen molar-refractivity contribution in [1.29, 1.82) is 0 Å². The number of likely N-dealkylation sites (tertiary alicyclic amines) is 1. The minimum atomic E-state index is 0.341. The van der Waals surface area contributed by atoms with E-state index in [0.717, 1.165) is 58.5 Å². The predicted octanol–water partition coefficient (Wildman–Crippen LogP) is 1.01. The summed E-state index contributed by atoms with van der Waals surface area (Å²) in [7, 11) is 0. The molecule has 2 saturated heterocycles. The zero-order valence-electron chi connectivity index (χ0n) is 10.8. The van der Waals surface area contributed by atoms with E-state index in [-0.39, 0.29) is 0 Å². The Balaban J connectivity index is 1.70. The Morgan fingerprint density at radius 3 is 2.71 bits per heavy atom. The summed E-state index contributed by atoms with van der Waals surface area (Å²) < 4.78 is 5.60. The fourth-order valence-corrected chi connectivity index (χ4v) is 2.77. The molecule has 2 fully saturated rings. The number of carbonyl (C=O) groups excluding carboxylic acids is 1. The number of nitrogens with one attached hydrogen (secondary N) is 1. The third kappa shape index (κ3) is 3.68. The van der Waals surface area contributed by atoms with Crippen LogP contribution in [0.15, 0.2) is 0 Å². The van der Waals surface area contributed by atoms with Crippen LogP contribution in [0.2, 0.25) is 0 Å². The van der Waals surface area contributed by atoms with Gasteiger partial charge in [-0.1, -0.05) is 0 Å². The maximum atomic E-state index is 12.1. The number of hydrogen-bond donors (Lipinski definition) is 1. The van der Waals surface area contributed by atoms with E-state index in [9.17, 15) is 4.79 Å². The molecule has 0 saturated carbocycles. The fourth-order valence-electron chi connectivity index (χ4n) is 2.77. The molecule has 0 spiro atoms. The lowest BCUT2D eigenvalue weighted by molar-refractivity contribution is -0.134. The zero-order valence-corrected chi connectivity index (χ0v) is 10.8. The molecule has 0 aromatic rings. The van der Waals surface area contributed by atoms with E-state index in [1.807, 2.05) is 11.8 Å². The smallest absolute Gasteiger partial charge is 0.222 e. The molecule has 2 heterocycles. The largest absolute Gasteiger partial charge is 0.378 e. The number of nitrogens with zero attached hydrogens (tertiary/aromatic N) is 1. The van der Waals surface area contributed by atoms with Gasteiger partial charge in [-0.2, -0.15) is 0 Å². The van der Waals surface area contributed by atoms with Crippen molar-refractivity contribution >= 4 is 5.91 Å². The molecule has 0 bridgehead atoms. The molecule has 2 aliphatic heterocycles. The van der Waals surface area contributed by atoms with Crippen molar-refractivity contribution in [2.24, 2.45) is 5.92 Å². The molecule has 4 nitrogen and oxygen atoms in total. The van der Waals surface area contributed by atoms with Crippen LogP contribution in [0.25, 0.3) is 0 Å². The van der Waals surface area contributed by atoms with Crippen molar-refractivity contribution in [3.63, 3.8) is 0 Å². The quantitative estimate of drug-likeness (QED) is 0.797. The second kappa shape index (κ2) is 6.36. The van der Waals surface area contributed by atoms with Gasteiger partial charge in [0.2, 0.25) is 5.91 Å². The van der Waals surface area contributed by atoms with E-state index in [1.165, 1.54) is 0 Å². The summed E-state index contributed by atoms with van der Waals surface area (Å²) in [6, 6.07) is 0. The fraction of sp³-hybridized carbons (Fsp3) is 0.923. The van der Waals surface area contributed by atoms with Gasteiger partial charge in [-0.3, -0.25) is 4.79 Å². The van der Waals surface area contributed by atoms with Crippen LogP contribution in [0.4, 0.5) is 0 Å². The van der Waals surface area contributed by atoms with Crippen molar-refractivity contribution < 1.29 is 9.53 Å². The van der Waals surface area contributed by atoms with Gasteiger partial charge in [-0.25, -0.2) is 0 Å². The Hall–Kier alpha value is -0.610. The molecule has 4 heteroatoms. The molecular weight excluding hydrogens is 216 g/mol. The Labute approximate surface area is 104 Å². The van der Waals surface area contributed by atoms with Gasteiger partial charge in [0.25, 0.3) is 0 Å². The summed E-state index contributed by atoms with van der Waals surface area (Å²) >= 11 is 0. The number of ether oxygens (including phenoxy) is 1.